The van der Waals surface area contributed by atoms with Gasteiger partial charge in [0.1, 0.15) is 10.8 Å². The second kappa shape index (κ2) is 10.1. The van der Waals surface area contributed by atoms with Crippen molar-refractivity contribution in [1.29, 1.82) is 0 Å². The molecule has 0 aliphatic carbocycles. The van der Waals surface area contributed by atoms with Crippen LogP contribution in [0.4, 0.5) is 5.13 Å². The minimum absolute atomic E-state index is 0.114. The lowest BCUT2D eigenvalue weighted by Crippen LogP contribution is -2.35. The van der Waals surface area contributed by atoms with E-state index in [1.165, 1.54) is 22.7 Å². The molecule has 7 nitrogen and oxygen atoms in total. The van der Waals surface area contributed by atoms with Crippen molar-refractivity contribution < 1.29 is 14.3 Å². The monoisotopic (exact) mass is 444 g/mol. The number of morpholine rings is 1. The molecule has 3 heterocycles. The van der Waals surface area contributed by atoms with Crippen molar-refractivity contribution in [3.63, 3.8) is 0 Å². The van der Waals surface area contributed by atoms with Crippen LogP contribution < -0.4 is 10.1 Å². The smallest absolute Gasteiger partial charge is 0.232 e. The zero-order valence-electron chi connectivity index (χ0n) is 16.8. The molecule has 1 fully saturated rings. The van der Waals surface area contributed by atoms with E-state index in [0.717, 1.165) is 60.6 Å². The Labute approximate surface area is 183 Å². The molecule has 30 heavy (non-hydrogen) atoms. The van der Waals surface area contributed by atoms with Crippen LogP contribution in [0.25, 0.3) is 10.6 Å². The molecule has 158 valence electrons. The Kier molecular flexibility index (Phi) is 7.06. The second-order valence-corrected chi connectivity index (χ2v) is 8.55. The molecule has 1 amide bonds. The normalized spacial score (nSPS) is 14.6. The lowest BCUT2D eigenvalue weighted by Gasteiger charge is -2.25. The third-order valence-electron chi connectivity index (χ3n) is 4.60. The maximum atomic E-state index is 12.5. The molecule has 4 rings (SSSR count). The number of nitrogens with zero attached hydrogens (tertiary/aromatic N) is 3. The third kappa shape index (κ3) is 5.42. The Hall–Kier alpha value is -2.33. The summed E-state index contributed by atoms with van der Waals surface area (Å²) in [5, 5.41) is 8.29. The number of amides is 1. The zero-order valence-corrected chi connectivity index (χ0v) is 18.4. The zero-order chi connectivity index (χ0) is 20.8. The minimum Gasteiger partial charge on any atom is -0.493 e. The first-order valence-corrected chi connectivity index (χ1v) is 11.7. The molecule has 1 aliphatic heterocycles. The van der Waals surface area contributed by atoms with E-state index in [2.05, 4.69) is 20.2 Å². The molecule has 0 saturated carbocycles. The number of hydrogen-bond acceptors (Lipinski definition) is 8. The van der Waals surface area contributed by atoms with Crippen LogP contribution in [0.5, 0.6) is 5.75 Å². The van der Waals surface area contributed by atoms with E-state index in [0.29, 0.717) is 11.7 Å². The number of rotatable bonds is 8. The van der Waals surface area contributed by atoms with Crippen molar-refractivity contribution in [2.45, 2.75) is 19.9 Å². The molecule has 0 spiro atoms. The summed E-state index contributed by atoms with van der Waals surface area (Å²) in [7, 11) is 0. The molecule has 3 aromatic rings. The molecule has 2 aromatic heterocycles. The fourth-order valence-corrected chi connectivity index (χ4v) is 4.76. The van der Waals surface area contributed by atoms with E-state index in [1.807, 2.05) is 41.9 Å². The largest absolute Gasteiger partial charge is 0.493 e. The summed E-state index contributed by atoms with van der Waals surface area (Å²) < 4.78 is 11.1. The predicted molar refractivity (Wildman–Crippen MR) is 119 cm³/mol. The molecule has 0 radical (unpaired) electrons. The van der Waals surface area contributed by atoms with Crippen LogP contribution in [0.15, 0.2) is 35.0 Å². The van der Waals surface area contributed by atoms with Gasteiger partial charge in [-0.3, -0.25) is 9.69 Å². The van der Waals surface area contributed by atoms with E-state index in [4.69, 9.17) is 9.47 Å². The summed E-state index contributed by atoms with van der Waals surface area (Å²) in [6.45, 7) is 6.69. The quantitative estimate of drug-likeness (QED) is 0.571. The number of carbonyl (C=O) groups excluding carboxylic acids is 1. The number of hydrogen-bond donors (Lipinski definition) is 1. The number of benzene rings is 1. The lowest BCUT2D eigenvalue weighted by atomic mass is 10.2. The first-order chi connectivity index (χ1) is 14.7. The summed E-state index contributed by atoms with van der Waals surface area (Å²) in [4.78, 5) is 23.9. The maximum Gasteiger partial charge on any atom is 0.232 e. The van der Waals surface area contributed by atoms with Gasteiger partial charge in [-0.1, -0.05) is 12.1 Å². The molecular weight excluding hydrogens is 420 g/mol. The van der Waals surface area contributed by atoms with Gasteiger partial charge in [-0.2, -0.15) is 0 Å². The molecular formula is C21H24N4O3S2. The highest BCUT2D eigenvalue weighted by Crippen LogP contribution is 2.32. The summed E-state index contributed by atoms with van der Waals surface area (Å²) in [5.41, 5.74) is 2.66. The van der Waals surface area contributed by atoms with Gasteiger partial charge in [0.05, 0.1) is 43.2 Å². The van der Waals surface area contributed by atoms with Crippen LogP contribution in [-0.4, -0.2) is 53.7 Å². The fraction of sp³-hybridized carbons (Fsp3) is 0.381. The minimum atomic E-state index is -0.114. The number of ether oxygens (including phenoxy) is 2. The van der Waals surface area contributed by atoms with Crippen LogP contribution in [0.3, 0.4) is 0 Å². The van der Waals surface area contributed by atoms with Gasteiger partial charge in [0.15, 0.2) is 5.13 Å². The average Bonchev–Trinajstić information content (AvgIpc) is 3.39. The average molecular weight is 445 g/mol. The summed E-state index contributed by atoms with van der Waals surface area (Å²) in [6, 6.07) is 7.82. The van der Waals surface area contributed by atoms with Crippen molar-refractivity contribution in [1.82, 2.24) is 14.9 Å². The standard InChI is InChI=1S/C21H24N4O3S2/c1-2-28-18-6-4-3-5-17(18)20-22-15(13-29-20)11-19(26)24-21-23-16(14-30-21)12-25-7-9-27-10-8-25/h3-6,13-14H,2,7-12H2,1H3,(H,23,24,26). The number of thiazole rings is 2. The van der Waals surface area contributed by atoms with Gasteiger partial charge in [0.25, 0.3) is 0 Å². The van der Waals surface area contributed by atoms with Gasteiger partial charge >= 0.3 is 0 Å². The molecule has 1 N–H and O–H groups in total. The molecule has 1 aliphatic rings. The lowest BCUT2D eigenvalue weighted by molar-refractivity contribution is -0.115. The molecule has 1 saturated heterocycles. The van der Waals surface area contributed by atoms with Crippen LogP contribution in [0.2, 0.25) is 0 Å². The number of anilines is 1. The Morgan fingerprint density at radius 1 is 1.17 bits per heavy atom. The summed E-state index contributed by atoms with van der Waals surface area (Å²) >= 11 is 2.97. The van der Waals surface area contributed by atoms with Gasteiger partial charge in [-0.25, -0.2) is 9.97 Å². The SMILES string of the molecule is CCOc1ccccc1-c1nc(CC(=O)Nc2nc(CN3CCOCC3)cs2)cs1. The van der Waals surface area contributed by atoms with E-state index >= 15 is 0 Å². The number of nitrogens with one attached hydrogen (secondary N) is 1. The molecule has 0 unspecified atom stereocenters. The van der Waals surface area contributed by atoms with Crippen molar-refractivity contribution in [2.75, 3.05) is 38.2 Å². The van der Waals surface area contributed by atoms with E-state index in [9.17, 15) is 4.79 Å². The van der Waals surface area contributed by atoms with Gasteiger partial charge < -0.3 is 14.8 Å². The second-order valence-electron chi connectivity index (χ2n) is 6.83. The summed E-state index contributed by atoms with van der Waals surface area (Å²) in [6.07, 6.45) is 0.214. The number of carbonyl (C=O) groups is 1. The van der Waals surface area contributed by atoms with Crippen LogP contribution in [0, 0.1) is 0 Å². The molecule has 0 atom stereocenters. The first-order valence-electron chi connectivity index (χ1n) is 9.92. The van der Waals surface area contributed by atoms with Crippen LogP contribution in [-0.2, 0) is 22.5 Å². The predicted octanol–water partition coefficient (Wildman–Crippen LogP) is 3.68. The van der Waals surface area contributed by atoms with Gasteiger partial charge in [0.2, 0.25) is 5.91 Å². The number of aromatic nitrogens is 2. The Morgan fingerprint density at radius 3 is 2.80 bits per heavy atom. The van der Waals surface area contributed by atoms with Gasteiger partial charge in [0, 0.05) is 30.4 Å². The van der Waals surface area contributed by atoms with Gasteiger partial charge in [-0.05, 0) is 19.1 Å². The topological polar surface area (TPSA) is 76.6 Å². The van der Waals surface area contributed by atoms with Crippen molar-refractivity contribution >= 4 is 33.7 Å². The van der Waals surface area contributed by atoms with Crippen molar-refractivity contribution in [3.05, 3.63) is 46.4 Å². The molecule has 0 bridgehead atoms. The number of para-hydroxylation sites is 1. The fourth-order valence-electron chi connectivity index (χ4n) is 3.19. The first kappa shape index (κ1) is 20.9. The molecule has 9 heteroatoms. The van der Waals surface area contributed by atoms with E-state index in [1.54, 1.807) is 0 Å². The Bertz CT molecular complexity index is 982. The molecule has 1 aromatic carbocycles. The highest BCUT2D eigenvalue weighted by atomic mass is 32.1. The van der Waals surface area contributed by atoms with Crippen LogP contribution in [0.1, 0.15) is 18.3 Å². The third-order valence-corrected chi connectivity index (χ3v) is 6.33. The highest BCUT2D eigenvalue weighted by Gasteiger charge is 2.15. The summed E-state index contributed by atoms with van der Waals surface area (Å²) in [5.74, 6) is 0.693. The van der Waals surface area contributed by atoms with E-state index in [-0.39, 0.29) is 12.3 Å². The maximum absolute atomic E-state index is 12.5. The Balaban J connectivity index is 1.34. The highest BCUT2D eigenvalue weighted by molar-refractivity contribution is 7.14. The van der Waals surface area contributed by atoms with Crippen molar-refractivity contribution in [2.24, 2.45) is 0 Å². The van der Waals surface area contributed by atoms with Crippen LogP contribution >= 0.6 is 22.7 Å². The van der Waals surface area contributed by atoms with Gasteiger partial charge in [-0.15, -0.1) is 22.7 Å². The van der Waals surface area contributed by atoms with E-state index < -0.39 is 0 Å². The Morgan fingerprint density at radius 2 is 1.97 bits per heavy atom. The van der Waals surface area contributed by atoms with Crippen molar-refractivity contribution in [3.8, 4) is 16.3 Å².